The largest absolute Gasteiger partial charge is 1.00 e. The van der Waals surface area contributed by atoms with E-state index in [0.717, 1.165) is 31.3 Å². The molecular formula is C31H41NaO7S. The van der Waals surface area contributed by atoms with E-state index in [4.69, 9.17) is 0 Å². The maximum absolute atomic E-state index is 12.8. The number of Topliss-reactive ketones (excluding diaryl/α,β-unsaturated/α-hetero) is 1. The van der Waals surface area contributed by atoms with Crippen LogP contribution in [-0.2, 0) is 20.3 Å². The molecule has 4 aliphatic carbocycles. The summed E-state index contributed by atoms with van der Waals surface area (Å²) >= 11 is 0. The first kappa shape index (κ1) is 31.7. The third-order valence-electron chi connectivity index (χ3n) is 12.3. The van der Waals surface area contributed by atoms with E-state index in [0.29, 0.717) is 36.0 Å². The molecule has 2 N–H and O–H groups in total. The standard InChI is InChI=1S/C31H42O7S.Na/c1-17-24(18(2)32)20(33)14-19-25(17)21(39(36,37)38)15-22-29(19,5)11-13-31(7)23-16-28(4,26(34)35)9-8-27(23,3)10-12-30(22,31)6;/h14-15,21,23,33H,8-13,16H2,1-7H3,(H,34,35)(H,36,37,38);/q;+1/p-1/t21?,23-,27-,28-,29+,30-,31+;/m1./s1. The number of aromatic hydroxyl groups is 1. The molecule has 9 heteroatoms. The second-order valence-corrected chi connectivity index (χ2v) is 15.8. The monoisotopic (exact) mass is 580 g/mol. The summed E-state index contributed by atoms with van der Waals surface area (Å²) in [6.45, 7) is 13.6. The predicted octanol–water partition coefficient (Wildman–Crippen LogP) is 3.19. The summed E-state index contributed by atoms with van der Waals surface area (Å²) in [4.78, 5) is 24.7. The first-order valence-corrected chi connectivity index (χ1v) is 15.5. The number of allylic oxidation sites excluding steroid dienone is 1. The number of phenolic OH excluding ortho intramolecular Hbond substituents is 1. The van der Waals surface area contributed by atoms with Crippen LogP contribution < -0.4 is 29.6 Å². The van der Waals surface area contributed by atoms with Gasteiger partial charge in [-0.15, -0.1) is 0 Å². The van der Waals surface area contributed by atoms with Crippen LogP contribution in [0.2, 0.25) is 0 Å². The molecule has 0 aliphatic heterocycles. The number of benzene rings is 1. The van der Waals surface area contributed by atoms with Gasteiger partial charge >= 0.3 is 35.5 Å². The molecule has 0 bridgehead atoms. The predicted molar refractivity (Wildman–Crippen MR) is 147 cm³/mol. The Balaban J connectivity index is 0.00000370. The van der Waals surface area contributed by atoms with Gasteiger partial charge in [0.05, 0.1) is 16.2 Å². The normalized spacial score (nSPS) is 40.4. The maximum atomic E-state index is 12.8. The van der Waals surface area contributed by atoms with Crippen molar-refractivity contribution in [2.45, 2.75) is 104 Å². The molecule has 0 spiro atoms. The van der Waals surface area contributed by atoms with Crippen LogP contribution in [0, 0.1) is 34.5 Å². The Morgan fingerprint density at radius 2 is 1.60 bits per heavy atom. The van der Waals surface area contributed by atoms with Crippen LogP contribution in [0.1, 0.15) is 119 Å². The molecule has 0 aromatic heterocycles. The van der Waals surface area contributed by atoms with Gasteiger partial charge in [-0.2, -0.15) is 0 Å². The zero-order valence-corrected chi connectivity index (χ0v) is 27.9. The number of hydrogen-bond acceptors (Lipinski definition) is 6. The summed E-state index contributed by atoms with van der Waals surface area (Å²) in [5.74, 6) is -1.23. The van der Waals surface area contributed by atoms with E-state index in [1.54, 1.807) is 13.0 Å². The average Bonchev–Trinajstić information content (AvgIpc) is 2.81. The van der Waals surface area contributed by atoms with E-state index in [1.165, 1.54) is 13.0 Å². The van der Waals surface area contributed by atoms with E-state index in [1.807, 2.05) is 6.92 Å². The van der Waals surface area contributed by atoms with Gasteiger partial charge in [0.25, 0.3) is 0 Å². The summed E-state index contributed by atoms with van der Waals surface area (Å²) in [6.07, 6.45) is 6.87. The summed E-state index contributed by atoms with van der Waals surface area (Å²) < 4.78 is 38.5. The molecule has 5 rings (SSSR count). The number of aliphatic carboxylic acids is 1. The molecule has 7 nitrogen and oxygen atoms in total. The summed E-state index contributed by atoms with van der Waals surface area (Å²) in [5.41, 5.74) is -0.0241. The van der Waals surface area contributed by atoms with Gasteiger partial charge in [-0.25, -0.2) is 8.42 Å². The Kier molecular flexibility index (Phi) is 7.46. The van der Waals surface area contributed by atoms with E-state index in [2.05, 4.69) is 27.7 Å². The van der Waals surface area contributed by atoms with Gasteiger partial charge in [-0.05, 0) is 111 Å². The van der Waals surface area contributed by atoms with Crippen molar-refractivity contribution in [1.29, 1.82) is 0 Å². The van der Waals surface area contributed by atoms with E-state index >= 15 is 0 Å². The molecule has 214 valence electrons. The third kappa shape index (κ3) is 4.06. The minimum atomic E-state index is -4.84. The van der Waals surface area contributed by atoms with Gasteiger partial charge in [0.15, 0.2) is 5.78 Å². The molecule has 3 saturated carbocycles. The van der Waals surface area contributed by atoms with Gasteiger partial charge in [0, 0.05) is 5.41 Å². The van der Waals surface area contributed by atoms with Crippen LogP contribution in [0.5, 0.6) is 5.75 Å². The van der Waals surface area contributed by atoms with E-state index < -0.39 is 37.6 Å². The number of carbonyl (C=O) groups is 2. The molecule has 1 unspecified atom stereocenters. The van der Waals surface area contributed by atoms with Gasteiger partial charge < -0.3 is 14.8 Å². The molecule has 7 atom stereocenters. The van der Waals surface area contributed by atoms with Crippen LogP contribution in [0.4, 0.5) is 0 Å². The fourth-order valence-electron chi connectivity index (χ4n) is 9.57. The number of rotatable bonds is 3. The second-order valence-electron chi connectivity index (χ2n) is 14.3. The van der Waals surface area contributed by atoms with Gasteiger partial charge in [0.1, 0.15) is 15.9 Å². The van der Waals surface area contributed by atoms with Crippen LogP contribution in [0.15, 0.2) is 17.7 Å². The quantitative estimate of drug-likeness (QED) is 0.243. The van der Waals surface area contributed by atoms with Gasteiger partial charge in [0.2, 0.25) is 0 Å². The molecule has 1 aromatic carbocycles. The zero-order chi connectivity index (χ0) is 29.1. The number of carbonyl (C=O) groups excluding carboxylic acids is 1. The van der Waals surface area contributed by atoms with Crippen molar-refractivity contribution in [3.63, 3.8) is 0 Å². The van der Waals surface area contributed by atoms with Crippen LogP contribution in [0.25, 0.3) is 0 Å². The Labute approximate surface area is 260 Å². The molecule has 0 radical (unpaired) electrons. The van der Waals surface area contributed by atoms with Crippen LogP contribution in [0.3, 0.4) is 0 Å². The SMILES string of the molecule is CC(=O)c1c(O)cc2c(c1C)C(S(=O)(=O)[O-])C=C1[C@@]2(C)CC[C@@]2(C)[C@@H]3C[C@](C)(C(=O)O)CC[C@]3(C)CC[C@]12C.[Na+]. The molecule has 0 saturated heterocycles. The Bertz CT molecular complexity index is 1450. The molecule has 3 fully saturated rings. The second kappa shape index (κ2) is 9.40. The van der Waals surface area contributed by atoms with Crippen molar-refractivity contribution >= 4 is 21.9 Å². The molecule has 4 aliphatic rings. The zero-order valence-electron chi connectivity index (χ0n) is 25.1. The molecular weight excluding hydrogens is 539 g/mol. The number of fused-ring (bicyclic) bond motifs is 7. The van der Waals surface area contributed by atoms with Crippen molar-refractivity contribution in [3.8, 4) is 5.75 Å². The summed E-state index contributed by atoms with van der Waals surface area (Å²) in [6, 6.07) is 1.52. The summed E-state index contributed by atoms with van der Waals surface area (Å²) in [5, 5.41) is 19.6. The first-order chi connectivity index (χ1) is 17.8. The summed E-state index contributed by atoms with van der Waals surface area (Å²) in [7, 11) is -4.84. The number of ketones is 1. The number of carboxylic acids is 1. The molecule has 40 heavy (non-hydrogen) atoms. The van der Waals surface area contributed by atoms with Crippen molar-refractivity contribution in [2.75, 3.05) is 0 Å². The van der Waals surface area contributed by atoms with Crippen molar-refractivity contribution in [2.24, 2.45) is 27.6 Å². The Morgan fingerprint density at radius 3 is 2.15 bits per heavy atom. The van der Waals surface area contributed by atoms with Crippen molar-refractivity contribution in [1.82, 2.24) is 0 Å². The fourth-order valence-corrected chi connectivity index (χ4v) is 10.5. The third-order valence-corrected chi connectivity index (χ3v) is 13.3. The number of hydrogen-bond donors (Lipinski definition) is 2. The number of phenols is 1. The number of carboxylic acid groups (broad SMARTS) is 1. The molecule has 0 heterocycles. The van der Waals surface area contributed by atoms with Crippen LogP contribution >= 0.6 is 0 Å². The topological polar surface area (TPSA) is 132 Å². The van der Waals surface area contributed by atoms with Crippen molar-refractivity contribution in [3.05, 3.63) is 40.0 Å². The molecule has 0 amide bonds. The van der Waals surface area contributed by atoms with Gasteiger partial charge in [-0.3, -0.25) is 9.59 Å². The minimum absolute atomic E-state index is 0. The molecule has 1 aromatic rings. The fraction of sp³-hybridized carbons (Fsp3) is 0.677. The van der Waals surface area contributed by atoms with Gasteiger partial charge in [-0.1, -0.05) is 39.3 Å². The Morgan fingerprint density at radius 1 is 1.00 bits per heavy atom. The first-order valence-electron chi connectivity index (χ1n) is 14.0. The minimum Gasteiger partial charge on any atom is -0.747 e. The van der Waals surface area contributed by atoms with Crippen LogP contribution in [-0.4, -0.2) is 34.9 Å². The van der Waals surface area contributed by atoms with E-state index in [-0.39, 0.29) is 63.4 Å². The average molecular weight is 581 g/mol. The Hall–Kier alpha value is -1.19. The maximum Gasteiger partial charge on any atom is 1.00 e. The smallest absolute Gasteiger partial charge is 0.747 e. The van der Waals surface area contributed by atoms with E-state index in [9.17, 15) is 32.8 Å². The van der Waals surface area contributed by atoms with Crippen molar-refractivity contribution < 1.29 is 62.3 Å².